The van der Waals surface area contributed by atoms with Crippen LogP contribution in [0.1, 0.15) is 65.2 Å². The van der Waals surface area contributed by atoms with E-state index in [0.717, 1.165) is 24.3 Å². The summed E-state index contributed by atoms with van der Waals surface area (Å²) in [6, 6.07) is 10.7. The molecule has 0 spiro atoms. The van der Waals surface area contributed by atoms with Gasteiger partial charge in [0.05, 0.1) is 12.2 Å². The molecule has 2 aliphatic rings. The third-order valence-electron chi connectivity index (χ3n) is 6.77. The van der Waals surface area contributed by atoms with Crippen LogP contribution in [0.3, 0.4) is 0 Å². The van der Waals surface area contributed by atoms with E-state index in [1.807, 2.05) is 25.6 Å². The Morgan fingerprint density at radius 3 is 2.41 bits per heavy atom. The number of hydrogen-bond acceptors (Lipinski definition) is 4. The molecule has 1 N–H and O–H groups in total. The van der Waals surface area contributed by atoms with E-state index in [-0.39, 0.29) is 5.91 Å². The van der Waals surface area contributed by atoms with Crippen molar-refractivity contribution < 1.29 is 14.7 Å². The minimum atomic E-state index is -0.490. The van der Waals surface area contributed by atoms with Crippen molar-refractivity contribution >= 4 is 17.7 Å². The largest absolute Gasteiger partial charge is 0.374 e. The van der Waals surface area contributed by atoms with Crippen LogP contribution < -0.4 is 0 Å². The molecule has 4 atom stereocenters. The van der Waals surface area contributed by atoms with Gasteiger partial charge in [0.15, 0.2) is 0 Å². The highest BCUT2D eigenvalue weighted by atomic mass is 32.2. The summed E-state index contributed by atoms with van der Waals surface area (Å²) < 4.78 is 6.28. The summed E-state index contributed by atoms with van der Waals surface area (Å²) in [7, 11) is 1.41. The van der Waals surface area contributed by atoms with Crippen LogP contribution in [-0.4, -0.2) is 41.2 Å². The van der Waals surface area contributed by atoms with Gasteiger partial charge >= 0.3 is 0 Å². The number of fused-ring (bicyclic) bond motifs is 2. The van der Waals surface area contributed by atoms with Crippen LogP contribution in [0.5, 0.6) is 0 Å². The van der Waals surface area contributed by atoms with Gasteiger partial charge in [0, 0.05) is 17.4 Å². The van der Waals surface area contributed by atoms with Crippen molar-refractivity contribution in [2.45, 2.75) is 82.3 Å². The van der Waals surface area contributed by atoms with Gasteiger partial charge in [-0.15, -0.1) is 11.8 Å². The van der Waals surface area contributed by atoms with Crippen molar-refractivity contribution in [1.82, 2.24) is 5.06 Å². The van der Waals surface area contributed by atoms with E-state index in [0.29, 0.717) is 24.0 Å². The Kier molecular flexibility index (Phi) is 8.06. The van der Waals surface area contributed by atoms with Crippen LogP contribution in [0, 0.1) is 17.3 Å². The lowest BCUT2D eigenvalue weighted by molar-refractivity contribution is -0.169. The second-order valence-electron chi connectivity index (χ2n) is 9.38. The smallest absolute Gasteiger partial charge is 0.251 e. The van der Waals surface area contributed by atoms with E-state index >= 15 is 0 Å². The normalized spacial score (nSPS) is 26.1. The second-order valence-corrected chi connectivity index (χ2v) is 10.5. The molecule has 0 unspecified atom stereocenters. The zero-order valence-corrected chi connectivity index (χ0v) is 19.0. The summed E-state index contributed by atoms with van der Waals surface area (Å²) in [5.41, 5.74) is -0.490. The average molecular weight is 420 g/mol. The van der Waals surface area contributed by atoms with Gasteiger partial charge in [-0.1, -0.05) is 51.3 Å². The number of carbonyl (C=O) groups is 1. The molecule has 1 amide bonds. The Morgan fingerprint density at radius 1 is 1.10 bits per heavy atom. The van der Waals surface area contributed by atoms with Crippen molar-refractivity contribution in [2.75, 3.05) is 12.8 Å². The Labute approximate surface area is 180 Å². The first-order valence-electron chi connectivity index (χ1n) is 11.2. The molecule has 0 saturated carbocycles. The highest BCUT2D eigenvalue weighted by molar-refractivity contribution is 7.99. The van der Waals surface area contributed by atoms with Crippen LogP contribution in [0.25, 0.3) is 0 Å². The molecule has 29 heavy (non-hydrogen) atoms. The lowest BCUT2D eigenvalue weighted by Crippen LogP contribution is -2.36. The maximum absolute atomic E-state index is 12.0. The van der Waals surface area contributed by atoms with Gasteiger partial charge in [0.2, 0.25) is 0 Å². The van der Waals surface area contributed by atoms with Gasteiger partial charge in [0.1, 0.15) is 0 Å². The molecule has 0 aromatic heterocycles. The molecule has 2 saturated heterocycles. The van der Waals surface area contributed by atoms with Gasteiger partial charge in [-0.05, 0) is 61.8 Å². The lowest BCUT2D eigenvalue weighted by Gasteiger charge is -2.28. The van der Waals surface area contributed by atoms with Crippen LogP contribution in [-0.2, 0) is 9.53 Å². The number of benzene rings is 1. The predicted octanol–water partition coefficient (Wildman–Crippen LogP) is 5.79. The van der Waals surface area contributed by atoms with E-state index in [1.165, 1.54) is 49.8 Å². The first-order chi connectivity index (χ1) is 13.9. The van der Waals surface area contributed by atoms with Crippen LogP contribution in [0.4, 0.5) is 0 Å². The molecule has 1 aromatic rings. The Bertz CT molecular complexity index is 649. The number of nitrogens with zero attached hydrogens (tertiary/aromatic N) is 1. The third-order valence-corrected chi connectivity index (χ3v) is 7.81. The number of carbonyl (C=O) groups excluding carboxylic acids is 1. The summed E-state index contributed by atoms with van der Waals surface area (Å²) in [4.78, 5) is 13.4. The van der Waals surface area contributed by atoms with E-state index in [9.17, 15) is 10.0 Å². The Balaban J connectivity index is 1.39. The number of hydrogen-bond donors (Lipinski definition) is 1. The van der Waals surface area contributed by atoms with E-state index < -0.39 is 5.41 Å². The molecular formula is C24H37NO3S. The number of amides is 1. The zero-order chi connectivity index (χ0) is 20.9. The molecule has 1 aromatic carbocycles. The minimum absolute atomic E-state index is 0.199. The average Bonchev–Trinajstić information content (AvgIpc) is 3.30. The van der Waals surface area contributed by atoms with Gasteiger partial charge in [-0.2, -0.15) is 0 Å². The molecule has 2 bridgehead atoms. The summed E-state index contributed by atoms with van der Waals surface area (Å²) in [5.74, 6) is 2.40. The van der Waals surface area contributed by atoms with E-state index in [1.54, 1.807) is 0 Å². The fraction of sp³-hybridized carbons (Fsp3) is 0.708. The third kappa shape index (κ3) is 5.99. The quantitative estimate of drug-likeness (QED) is 0.214. The zero-order valence-electron chi connectivity index (χ0n) is 18.2. The Morgan fingerprint density at radius 2 is 1.76 bits per heavy atom. The predicted molar refractivity (Wildman–Crippen MR) is 118 cm³/mol. The van der Waals surface area contributed by atoms with Crippen molar-refractivity contribution in [3.8, 4) is 0 Å². The summed E-state index contributed by atoms with van der Waals surface area (Å²) in [6.07, 6.45) is 10.1. The number of hydroxylamine groups is 2. The van der Waals surface area contributed by atoms with Crippen molar-refractivity contribution in [3.05, 3.63) is 30.3 Å². The maximum atomic E-state index is 12.0. The Hall–Kier alpha value is -1.04. The SMILES string of the molecule is CN(O)C(=O)C(C)(C)CCCCC[C@@H]1[C@H](CCSc2ccccc2)[C@@H]2CC[C@H]1O2. The number of ether oxygens (including phenoxy) is 1. The number of unbranched alkanes of at least 4 members (excludes halogenated alkanes) is 2. The summed E-state index contributed by atoms with van der Waals surface area (Å²) in [6.45, 7) is 3.85. The van der Waals surface area contributed by atoms with Crippen molar-refractivity contribution in [1.29, 1.82) is 0 Å². The van der Waals surface area contributed by atoms with E-state index in [4.69, 9.17) is 4.74 Å². The topological polar surface area (TPSA) is 49.8 Å². The fourth-order valence-corrected chi connectivity index (χ4v) is 6.14. The lowest BCUT2D eigenvalue weighted by atomic mass is 9.75. The summed E-state index contributed by atoms with van der Waals surface area (Å²) >= 11 is 1.96. The van der Waals surface area contributed by atoms with Gasteiger partial charge in [-0.25, -0.2) is 5.06 Å². The first kappa shape index (κ1) is 22.6. The molecule has 4 nitrogen and oxygen atoms in total. The number of rotatable bonds is 11. The highest BCUT2D eigenvalue weighted by Crippen LogP contribution is 2.47. The van der Waals surface area contributed by atoms with Crippen molar-refractivity contribution in [3.63, 3.8) is 0 Å². The molecule has 5 heteroatoms. The second kappa shape index (κ2) is 10.3. The molecule has 3 rings (SSSR count). The molecular weight excluding hydrogens is 382 g/mol. The fourth-order valence-electron chi connectivity index (χ4n) is 5.17. The van der Waals surface area contributed by atoms with Gasteiger partial charge < -0.3 is 4.74 Å². The first-order valence-corrected chi connectivity index (χ1v) is 12.2. The van der Waals surface area contributed by atoms with Gasteiger partial charge in [0.25, 0.3) is 5.91 Å². The van der Waals surface area contributed by atoms with Gasteiger partial charge in [-0.3, -0.25) is 10.0 Å². The van der Waals surface area contributed by atoms with Crippen molar-refractivity contribution in [2.24, 2.45) is 17.3 Å². The number of thioether (sulfide) groups is 1. The van der Waals surface area contributed by atoms with E-state index in [2.05, 4.69) is 30.3 Å². The van der Waals surface area contributed by atoms with Crippen LogP contribution in [0.15, 0.2) is 35.2 Å². The maximum Gasteiger partial charge on any atom is 0.251 e. The molecule has 2 heterocycles. The molecule has 162 valence electrons. The molecule has 0 aliphatic carbocycles. The molecule has 2 fully saturated rings. The van der Waals surface area contributed by atoms with Crippen LogP contribution in [0.2, 0.25) is 0 Å². The molecule has 0 radical (unpaired) electrons. The standard InChI is InChI=1S/C24H37NO3S/c1-24(2,23(26)25(3)27)16-9-5-8-12-19-20(22-14-13-21(19)28-22)15-17-29-18-10-6-4-7-11-18/h4,6-7,10-11,19-22,27H,5,8-9,12-17H2,1-3H3/t19-,20+,21-,22+/m1/s1. The molecule has 2 aliphatic heterocycles. The summed E-state index contributed by atoms with van der Waals surface area (Å²) in [5, 5.41) is 10.1. The monoisotopic (exact) mass is 419 g/mol. The highest BCUT2D eigenvalue weighted by Gasteiger charge is 2.47. The van der Waals surface area contributed by atoms with Crippen LogP contribution >= 0.6 is 11.8 Å². The minimum Gasteiger partial charge on any atom is -0.374 e.